The molecule has 9 nitrogen and oxygen atoms in total. The fourth-order valence-corrected chi connectivity index (χ4v) is 6.53. The van der Waals surface area contributed by atoms with Gasteiger partial charge in [0.15, 0.2) is 18.5 Å². The highest BCUT2D eigenvalue weighted by Crippen LogP contribution is 2.67. The third-order valence-corrected chi connectivity index (χ3v) is 8.31. The lowest BCUT2D eigenvalue weighted by Gasteiger charge is -2.62. The van der Waals surface area contributed by atoms with E-state index in [0.29, 0.717) is 18.8 Å². The Hall–Kier alpha value is -1.37. The molecule has 0 radical (unpaired) electrons. The maximum absolute atomic E-state index is 13.5. The van der Waals surface area contributed by atoms with Gasteiger partial charge in [0, 0.05) is 11.8 Å². The number of halogens is 2. The van der Waals surface area contributed by atoms with E-state index >= 15 is 0 Å². The Morgan fingerprint density at radius 1 is 1.15 bits per heavy atom. The van der Waals surface area contributed by atoms with Gasteiger partial charge in [-0.3, -0.25) is 9.35 Å². The molecule has 0 aromatic heterocycles. The summed E-state index contributed by atoms with van der Waals surface area (Å²) in [6.45, 7) is 4.90. The summed E-state index contributed by atoms with van der Waals surface area (Å²) < 4.78 is 79.8. The highest BCUT2D eigenvalue weighted by atomic mass is 32.2. The van der Waals surface area contributed by atoms with Crippen LogP contribution in [0.15, 0.2) is 0 Å². The third kappa shape index (κ3) is 3.96. The Balaban J connectivity index is 1.53. The van der Waals surface area contributed by atoms with E-state index in [2.05, 4.69) is 4.74 Å². The second-order valence-electron chi connectivity index (χ2n) is 10.7. The molecule has 12 heteroatoms. The molecule has 0 aromatic rings. The van der Waals surface area contributed by atoms with E-state index in [1.54, 1.807) is 27.7 Å². The lowest BCUT2D eigenvalue weighted by Crippen LogP contribution is -2.64. The van der Waals surface area contributed by atoms with Gasteiger partial charge in [0.2, 0.25) is 0 Å². The molecule has 3 atom stereocenters. The van der Waals surface area contributed by atoms with E-state index in [4.69, 9.17) is 18.8 Å². The van der Waals surface area contributed by atoms with Gasteiger partial charge in [0.25, 0.3) is 0 Å². The number of carbonyl (C=O) groups excluding carboxylic acids is 2. The Morgan fingerprint density at radius 3 is 2.24 bits per heavy atom. The second kappa shape index (κ2) is 7.56. The van der Waals surface area contributed by atoms with E-state index < -0.39 is 50.9 Å². The van der Waals surface area contributed by atoms with Crippen molar-refractivity contribution in [2.24, 2.45) is 23.2 Å². The zero-order chi connectivity index (χ0) is 24.6. The van der Waals surface area contributed by atoms with Crippen LogP contribution in [0, 0.1) is 23.2 Å². The number of alkyl halides is 2. The molecule has 1 saturated heterocycles. The van der Waals surface area contributed by atoms with Crippen molar-refractivity contribution >= 4 is 22.1 Å². The first-order valence-corrected chi connectivity index (χ1v) is 12.6. The van der Waals surface area contributed by atoms with E-state index in [9.17, 15) is 26.8 Å². The summed E-state index contributed by atoms with van der Waals surface area (Å²) in [6.07, 6.45) is 1.55. The first-order chi connectivity index (χ1) is 15.0. The minimum absolute atomic E-state index is 0.195. The van der Waals surface area contributed by atoms with Gasteiger partial charge in [0.05, 0.1) is 11.5 Å². The van der Waals surface area contributed by atoms with Crippen LogP contribution in [0.2, 0.25) is 0 Å². The van der Waals surface area contributed by atoms with E-state index in [-0.39, 0.29) is 23.9 Å². The SMILES string of the molecule is CC(C)OC(=O)C12CC3CC(C1)C1(OC(C(=O)OCC(F)(F)S(=O)(=O)O)C(C)(C)O1)C(C3)C2. The number of rotatable bonds is 6. The zero-order valence-corrected chi connectivity index (χ0v) is 19.8. The molecule has 4 saturated carbocycles. The molecule has 188 valence electrons. The predicted octanol–water partition coefficient (Wildman–Crippen LogP) is 2.68. The lowest BCUT2D eigenvalue weighted by molar-refractivity contribution is -0.316. The molecular weight excluding hydrogens is 466 g/mol. The zero-order valence-electron chi connectivity index (χ0n) is 19.0. The second-order valence-corrected chi connectivity index (χ2v) is 12.3. The standard InChI is InChI=1S/C21H30F2O9S/c1-11(2)30-17(25)19-7-12-5-13(8-19)21(14(6-12)9-19)31-15(18(3,4)32-21)16(24)29-10-20(22,23)33(26,27)28/h11-15H,5-10H2,1-4H3,(H,26,27,28). The average Bonchev–Trinajstić information content (AvgIpc) is 2.95. The third-order valence-electron chi connectivity index (χ3n) is 7.43. The van der Waals surface area contributed by atoms with Crippen LogP contribution >= 0.6 is 0 Å². The van der Waals surface area contributed by atoms with Gasteiger partial charge < -0.3 is 18.9 Å². The molecule has 5 fully saturated rings. The lowest BCUT2D eigenvalue weighted by atomic mass is 9.47. The quantitative estimate of drug-likeness (QED) is 0.436. The van der Waals surface area contributed by atoms with Crippen LogP contribution in [0.25, 0.3) is 0 Å². The van der Waals surface area contributed by atoms with Crippen molar-refractivity contribution in [3.05, 3.63) is 0 Å². The Morgan fingerprint density at radius 2 is 1.73 bits per heavy atom. The maximum atomic E-state index is 13.5. The van der Waals surface area contributed by atoms with Crippen molar-refractivity contribution in [3.63, 3.8) is 0 Å². The summed E-state index contributed by atoms with van der Waals surface area (Å²) in [5, 5.41) is -4.64. The predicted molar refractivity (Wildman–Crippen MR) is 107 cm³/mol. The van der Waals surface area contributed by atoms with Crippen molar-refractivity contribution in [2.75, 3.05) is 6.61 Å². The van der Waals surface area contributed by atoms with Crippen molar-refractivity contribution in [2.45, 2.75) is 88.6 Å². The van der Waals surface area contributed by atoms with Crippen molar-refractivity contribution in [1.82, 2.24) is 0 Å². The van der Waals surface area contributed by atoms with Gasteiger partial charge in [-0.1, -0.05) is 0 Å². The minimum atomic E-state index is -5.74. The molecule has 0 aromatic carbocycles. The molecule has 33 heavy (non-hydrogen) atoms. The molecule has 1 aliphatic heterocycles. The molecule has 5 aliphatic rings. The number of ether oxygens (including phenoxy) is 4. The monoisotopic (exact) mass is 496 g/mol. The number of hydrogen-bond acceptors (Lipinski definition) is 8. The Bertz CT molecular complexity index is 929. The van der Waals surface area contributed by atoms with Crippen molar-refractivity contribution < 1.29 is 50.3 Å². The topological polar surface area (TPSA) is 125 Å². The fourth-order valence-electron chi connectivity index (χ4n) is 6.33. The van der Waals surface area contributed by atoms with E-state index in [0.717, 1.165) is 19.3 Å². The fraction of sp³-hybridized carbons (Fsp3) is 0.905. The smallest absolute Gasteiger partial charge is 0.402 e. The van der Waals surface area contributed by atoms with Crippen LogP contribution in [-0.4, -0.2) is 60.4 Å². The minimum Gasteiger partial charge on any atom is -0.463 e. The summed E-state index contributed by atoms with van der Waals surface area (Å²) in [5.74, 6) is -2.70. The largest absolute Gasteiger partial charge is 0.463 e. The molecule has 1 spiro atoms. The van der Waals surface area contributed by atoms with Gasteiger partial charge in [-0.15, -0.1) is 0 Å². The first-order valence-electron chi connectivity index (χ1n) is 11.1. The summed E-state index contributed by atoms with van der Waals surface area (Å²) in [5.41, 5.74) is -1.87. The van der Waals surface area contributed by atoms with E-state index in [1.165, 1.54) is 0 Å². The Kier molecular flexibility index (Phi) is 5.67. The molecule has 1 heterocycles. The molecule has 0 amide bonds. The van der Waals surface area contributed by atoms with Crippen LogP contribution < -0.4 is 0 Å². The van der Waals surface area contributed by atoms with Crippen LogP contribution in [0.3, 0.4) is 0 Å². The van der Waals surface area contributed by atoms with E-state index in [1.807, 2.05) is 0 Å². The first kappa shape index (κ1) is 24.7. The summed E-state index contributed by atoms with van der Waals surface area (Å²) in [6, 6.07) is 0. The maximum Gasteiger partial charge on any atom is 0.402 e. The highest BCUT2D eigenvalue weighted by Gasteiger charge is 2.71. The molecule has 4 aliphatic carbocycles. The normalized spacial score (nSPS) is 39.3. The van der Waals surface area contributed by atoms with Crippen LogP contribution in [0.1, 0.15) is 59.8 Å². The summed E-state index contributed by atoms with van der Waals surface area (Å²) in [4.78, 5) is 25.6. The molecule has 3 unspecified atom stereocenters. The van der Waals surface area contributed by atoms with Crippen molar-refractivity contribution in [3.8, 4) is 0 Å². The van der Waals surface area contributed by atoms with Crippen LogP contribution in [0.5, 0.6) is 0 Å². The van der Waals surface area contributed by atoms with Crippen LogP contribution in [0.4, 0.5) is 8.78 Å². The summed E-state index contributed by atoms with van der Waals surface area (Å²) >= 11 is 0. The number of carbonyl (C=O) groups is 2. The number of hydrogen-bond donors (Lipinski definition) is 1. The van der Waals surface area contributed by atoms with Crippen LogP contribution in [-0.2, 0) is 38.7 Å². The molecule has 5 rings (SSSR count). The molecule has 1 N–H and O–H groups in total. The Labute approximate surface area is 191 Å². The molecule has 4 bridgehead atoms. The number of esters is 2. The summed E-state index contributed by atoms with van der Waals surface area (Å²) in [7, 11) is -5.74. The van der Waals surface area contributed by atoms with Crippen molar-refractivity contribution in [1.29, 1.82) is 0 Å². The van der Waals surface area contributed by atoms with Gasteiger partial charge in [-0.2, -0.15) is 17.2 Å². The average molecular weight is 497 g/mol. The molecular formula is C21H30F2O9S. The van der Waals surface area contributed by atoms with Gasteiger partial charge >= 0.3 is 27.3 Å². The highest BCUT2D eigenvalue weighted by molar-refractivity contribution is 7.86. The van der Waals surface area contributed by atoms with Gasteiger partial charge in [-0.05, 0) is 65.7 Å². The van der Waals surface area contributed by atoms with Gasteiger partial charge in [0.1, 0.15) is 5.60 Å². The van der Waals surface area contributed by atoms with Gasteiger partial charge in [-0.25, -0.2) is 4.79 Å².